The summed E-state index contributed by atoms with van der Waals surface area (Å²) in [6.45, 7) is 2.29. The van der Waals surface area contributed by atoms with Gasteiger partial charge < -0.3 is 0 Å². The minimum Gasteiger partial charge on any atom is -0.0964 e. The van der Waals surface area contributed by atoms with Crippen molar-refractivity contribution in [2.75, 3.05) is 0 Å². The van der Waals surface area contributed by atoms with Crippen LogP contribution in [0.25, 0.3) is 0 Å². The fourth-order valence-electron chi connectivity index (χ4n) is 1.86. The highest BCUT2D eigenvalue weighted by atomic mass is 14.2. The molecule has 1 aromatic carbocycles. The molecule has 0 bridgehead atoms. The third-order valence-corrected chi connectivity index (χ3v) is 2.37. The highest BCUT2D eigenvalue weighted by molar-refractivity contribution is 6.32. The molecule has 54 valence electrons. The molecule has 1 heteroatoms. The van der Waals surface area contributed by atoms with Crippen molar-refractivity contribution in [3.8, 4) is 0 Å². The second-order valence-electron chi connectivity index (χ2n) is 3.54. The summed E-state index contributed by atoms with van der Waals surface area (Å²) in [6, 6.07) is 6.27. The quantitative estimate of drug-likeness (QED) is 0.477. The molecule has 2 radical (unpaired) electrons. The molecule has 0 spiro atoms. The van der Waals surface area contributed by atoms with Gasteiger partial charge in [-0.25, -0.2) is 0 Å². The SMILES string of the molecule is [B]c1ccc2c(c1)CC(C)C2. The van der Waals surface area contributed by atoms with Gasteiger partial charge in [-0.15, -0.1) is 0 Å². The molecule has 0 saturated heterocycles. The van der Waals surface area contributed by atoms with Crippen LogP contribution >= 0.6 is 0 Å². The molecule has 1 unspecified atom stereocenters. The Morgan fingerprint density at radius 3 is 2.82 bits per heavy atom. The first-order valence-corrected chi connectivity index (χ1v) is 4.13. The van der Waals surface area contributed by atoms with Crippen molar-refractivity contribution >= 4 is 13.3 Å². The van der Waals surface area contributed by atoms with Gasteiger partial charge in [-0.2, -0.15) is 0 Å². The molecule has 0 N–H and O–H groups in total. The first-order chi connectivity index (χ1) is 5.25. The highest BCUT2D eigenvalue weighted by Gasteiger charge is 2.16. The van der Waals surface area contributed by atoms with Crippen molar-refractivity contribution < 1.29 is 0 Å². The summed E-state index contributed by atoms with van der Waals surface area (Å²) in [5, 5.41) is 0. The second kappa shape index (κ2) is 2.40. The van der Waals surface area contributed by atoms with Gasteiger partial charge in [-0.1, -0.05) is 30.6 Å². The van der Waals surface area contributed by atoms with Crippen LogP contribution < -0.4 is 5.46 Å². The lowest BCUT2D eigenvalue weighted by molar-refractivity contribution is 0.628. The summed E-state index contributed by atoms with van der Waals surface area (Å²) >= 11 is 0. The number of hydrogen-bond donors (Lipinski definition) is 0. The minimum atomic E-state index is 0.812. The van der Waals surface area contributed by atoms with Crippen LogP contribution in [0.4, 0.5) is 0 Å². The summed E-state index contributed by atoms with van der Waals surface area (Å²) in [4.78, 5) is 0. The summed E-state index contributed by atoms with van der Waals surface area (Å²) in [7, 11) is 5.68. The van der Waals surface area contributed by atoms with E-state index in [1.54, 1.807) is 0 Å². The third kappa shape index (κ3) is 1.20. The van der Waals surface area contributed by atoms with Gasteiger partial charge in [-0.05, 0) is 29.9 Å². The van der Waals surface area contributed by atoms with E-state index in [-0.39, 0.29) is 0 Å². The summed E-state index contributed by atoms with van der Waals surface area (Å²) < 4.78 is 0. The van der Waals surface area contributed by atoms with Crippen molar-refractivity contribution in [3.63, 3.8) is 0 Å². The number of benzene rings is 1. The van der Waals surface area contributed by atoms with Crippen molar-refractivity contribution in [2.24, 2.45) is 5.92 Å². The lowest BCUT2D eigenvalue weighted by Crippen LogP contribution is -2.02. The van der Waals surface area contributed by atoms with Crippen molar-refractivity contribution in [3.05, 3.63) is 29.3 Å². The monoisotopic (exact) mass is 142 g/mol. The second-order valence-corrected chi connectivity index (χ2v) is 3.54. The van der Waals surface area contributed by atoms with E-state index in [0.717, 1.165) is 11.4 Å². The van der Waals surface area contributed by atoms with E-state index in [2.05, 4.69) is 19.1 Å². The molecule has 1 aromatic rings. The van der Waals surface area contributed by atoms with E-state index in [9.17, 15) is 0 Å². The molecular weight excluding hydrogens is 131 g/mol. The van der Waals surface area contributed by atoms with Gasteiger partial charge in [0, 0.05) is 0 Å². The van der Waals surface area contributed by atoms with Crippen molar-refractivity contribution in [2.45, 2.75) is 19.8 Å². The molecule has 0 fully saturated rings. The molecule has 0 aromatic heterocycles. The normalized spacial score (nSPS) is 21.7. The molecule has 2 rings (SSSR count). The molecule has 1 aliphatic carbocycles. The smallest absolute Gasteiger partial charge is 0.0964 e. The predicted molar refractivity (Wildman–Crippen MR) is 48.4 cm³/mol. The highest BCUT2D eigenvalue weighted by Crippen LogP contribution is 2.24. The molecule has 1 aliphatic rings. The van der Waals surface area contributed by atoms with Gasteiger partial charge in [0.2, 0.25) is 0 Å². The Kier molecular flexibility index (Phi) is 1.52. The van der Waals surface area contributed by atoms with Gasteiger partial charge in [0.25, 0.3) is 0 Å². The van der Waals surface area contributed by atoms with Crippen LogP contribution in [0.1, 0.15) is 18.1 Å². The third-order valence-electron chi connectivity index (χ3n) is 2.37. The van der Waals surface area contributed by atoms with Gasteiger partial charge in [0.1, 0.15) is 7.85 Å². The zero-order chi connectivity index (χ0) is 7.84. The Hall–Kier alpha value is -0.715. The van der Waals surface area contributed by atoms with Gasteiger partial charge in [0.15, 0.2) is 0 Å². The number of rotatable bonds is 0. The molecule has 0 amide bonds. The van der Waals surface area contributed by atoms with E-state index < -0.39 is 0 Å². The van der Waals surface area contributed by atoms with E-state index >= 15 is 0 Å². The Morgan fingerprint density at radius 2 is 2.00 bits per heavy atom. The van der Waals surface area contributed by atoms with Crippen LogP contribution in [0.15, 0.2) is 18.2 Å². The van der Waals surface area contributed by atoms with Crippen LogP contribution in [0.5, 0.6) is 0 Å². The fraction of sp³-hybridized carbons (Fsp3) is 0.400. The number of fused-ring (bicyclic) bond motifs is 1. The topological polar surface area (TPSA) is 0 Å². The van der Waals surface area contributed by atoms with E-state index in [1.807, 2.05) is 6.07 Å². The Labute approximate surface area is 69.0 Å². The summed E-state index contributed by atoms with van der Waals surface area (Å²) in [6.07, 6.45) is 2.44. The van der Waals surface area contributed by atoms with E-state index in [4.69, 9.17) is 7.85 Å². The zero-order valence-electron chi connectivity index (χ0n) is 6.80. The Bertz CT molecular complexity index is 278. The first-order valence-electron chi connectivity index (χ1n) is 4.13. The van der Waals surface area contributed by atoms with Crippen molar-refractivity contribution in [1.29, 1.82) is 0 Å². The molecule has 0 saturated carbocycles. The fourth-order valence-corrected chi connectivity index (χ4v) is 1.86. The first kappa shape index (κ1) is 6.96. The maximum absolute atomic E-state index is 5.68. The van der Waals surface area contributed by atoms with Gasteiger partial charge in [-0.3, -0.25) is 0 Å². The lowest BCUT2D eigenvalue weighted by atomic mass is 9.93. The van der Waals surface area contributed by atoms with Crippen molar-refractivity contribution in [1.82, 2.24) is 0 Å². The van der Waals surface area contributed by atoms with E-state index in [1.165, 1.54) is 24.0 Å². The molecule has 0 nitrogen and oxygen atoms in total. The van der Waals surface area contributed by atoms with Crippen LogP contribution in [-0.2, 0) is 12.8 Å². The zero-order valence-corrected chi connectivity index (χ0v) is 6.80. The maximum atomic E-state index is 5.68. The maximum Gasteiger partial charge on any atom is 0.113 e. The van der Waals surface area contributed by atoms with Crippen LogP contribution in [0.3, 0.4) is 0 Å². The average molecular weight is 142 g/mol. The Morgan fingerprint density at radius 1 is 1.27 bits per heavy atom. The summed E-state index contributed by atoms with van der Waals surface area (Å²) in [5.41, 5.74) is 3.85. The summed E-state index contributed by atoms with van der Waals surface area (Å²) in [5.74, 6) is 0.812. The predicted octanol–water partition coefficient (Wildman–Crippen LogP) is 1.22. The largest absolute Gasteiger partial charge is 0.113 e. The minimum absolute atomic E-state index is 0.812. The molecule has 1 atom stereocenters. The molecule has 11 heavy (non-hydrogen) atoms. The van der Waals surface area contributed by atoms with Gasteiger partial charge >= 0.3 is 0 Å². The van der Waals surface area contributed by atoms with Gasteiger partial charge in [0.05, 0.1) is 0 Å². The molecule has 0 aliphatic heterocycles. The van der Waals surface area contributed by atoms with E-state index in [0.29, 0.717) is 0 Å². The molecule has 0 heterocycles. The standard InChI is InChI=1S/C10H11B/c1-7-4-8-2-3-10(11)6-9(8)5-7/h2-3,6-7H,4-5H2,1H3. The average Bonchev–Trinajstić information content (AvgIpc) is 2.27. The van der Waals surface area contributed by atoms with Crippen LogP contribution in [-0.4, -0.2) is 7.85 Å². The van der Waals surface area contributed by atoms with Crippen LogP contribution in [0, 0.1) is 5.92 Å². The lowest BCUT2D eigenvalue weighted by Gasteiger charge is -1.98. The number of hydrogen-bond acceptors (Lipinski definition) is 0. The Balaban J connectivity index is 2.43. The van der Waals surface area contributed by atoms with Crippen LogP contribution in [0.2, 0.25) is 0 Å². The molecular formula is C10H11B.